The van der Waals surface area contributed by atoms with E-state index >= 15 is 0 Å². The van der Waals surface area contributed by atoms with Crippen molar-refractivity contribution in [3.63, 3.8) is 0 Å². The third-order valence-electron chi connectivity index (χ3n) is 6.24. The van der Waals surface area contributed by atoms with Gasteiger partial charge in [-0.1, -0.05) is 30.2 Å². The van der Waals surface area contributed by atoms with Gasteiger partial charge in [-0.2, -0.15) is 8.61 Å². The van der Waals surface area contributed by atoms with Crippen LogP contribution >= 0.6 is 11.6 Å². The number of amides is 1. The van der Waals surface area contributed by atoms with Crippen LogP contribution in [0.5, 0.6) is 5.75 Å². The Hall–Kier alpha value is -2.22. The van der Waals surface area contributed by atoms with Gasteiger partial charge in [0.2, 0.25) is 20.0 Å². The zero-order valence-corrected chi connectivity index (χ0v) is 22.7. The van der Waals surface area contributed by atoms with E-state index in [9.17, 15) is 21.6 Å². The van der Waals surface area contributed by atoms with Crippen molar-refractivity contribution in [3.05, 3.63) is 53.1 Å². The molecule has 0 spiro atoms. The molecule has 2 saturated heterocycles. The van der Waals surface area contributed by atoms with Gasteiger partial charge in [0.25, 0.3) is 5.91 Å². The van der Waals surface area contributed by atoms with E-state index in [-0.39, 0.29) is 46.8 Å². The number of benzene rings is 2. The second-order valence-corrected chi connectivity index (χ2v) is 13.1. The van der Waals surface area contributed by atoms with Crippen molar-refractivity contribution >= 4 is 37.6 Å². The number of hydrogen-bond donors (Lipinski definition) is 1. The van der Waals surface area contributed by atoms with Crippen molar-refractivity contribution in [2.24, 2.45) is 0 Å². The van der Waals surface area contributed by atoms with Gasteiger partial charge in [-0.3, -0.25) is 4.79 Å². The van der Waals surface area contributed by atoms with Gasteiger partial charge in [-0.05, 0) is 48.7 Å². The quantitative estimate of drug-likeness (QED) is 0.490. The molecule has 13 heteroatoms. The molecule has 37 heavy (non-hydrogen) atoms. The van der Waals surface area contributed by atoms with Gasteiger partial charge in [0, 0.05) is 32.7 Å². The molecular formula is C24H30ClN3O7S2. The smallest absolute Gasteiger partial charge is 0.258 e. The number of hydrogen-bond acceptors (Lipinski definition) is 7. The van der Waals surface area contributed by atoms with E-state index in [1.165, 1.54) is 26.8 Å². The number of carbonyl (C=O) groups is 1. The molecule has 0 radical (unpaired) electrons. The highest BCUT2D eigenvalue weighted by molar-refractivity contribution is 7.89. The number of halogens is 1. The first-order valence-corrected chi connectivity index (χ1v) is 15.3. The largest absolute Gasteiger partial charge is 0.482 e. The third-order valence-corrected chi connectivity index (χ3v) is 10.3. The first kappa shape index (κ1) is 27.8. The molecule has 0 bridgehead atoms. The van der Waals surface area contributed by atoms with Crippen molar-refractivity contribution in [2.45, 2.75) is 35.6 Å². The lowest BCUT2D eigenvalue weighted by Crippen LogP contribution is -2.40. The summed E-state index contributed by atoms with van der Waals surface area (Å²) in [5.74, 6) is -0.226. The van der Waals surface area contributed by atoms with Crippen molar-refractivity contribution < 1.29 is 31.1 Å². The van der Waals surface area contributed by atoms with Crippen molar-refractivity contribution in [1.82, 2.24) is 13.9 Å². The highest BCUT2D eigenvalue weighted by Gasteiger charge is 2.27. The number of morpholine rings is 1. The Morgan fingerprint density at radius 2 is 1.46 bits per heavy atom. The van der Waals surface area contributed by atoms with Crippen LogP contribution in [0.4, 0.5) is 0 Å². The van der Waals surface area contributed by atoms with E-state index in [2.05, 4.69) is 5.32 Å². The summed E-state index contributed by atoms with van der Waals surface area (Å²) < 4.78 is 64.6. The predicted molar refractivity (Wildman–Crippen MR) is 137 cm³/mol. The summed E-state index contributed by atoms with van der Waals surface area (Å²) in [6, 6.07) is 10.6. The molecule has 2 aliphatic heterocycles. The van der Waals surface area contributed by atoms with E-state index in [0.29, 0.717) is 26.3 Å². The van der Waals surface area contributed by atoms with Crippen LogP contribution in [0, 0.1) is 0 Å². The number of nitrogens with one attached hydrogen (secondary N) is 1. The Balaban J connectivity index is 1.28. The highest BCUT2D eigenvalue weighted by Crippen LogP contribution is 2.29. The molecule has 10 nitrogen and oxygen atoms in total. The highest BCUT2D eigenvalue weighted by atomic mass is 35.5. The Kier molecular flexibility index (Phi) is 9.09. The second-order valence-electron chi connectivity index (χ2n) is 8.78. The average Bonchev–Trinajstić information content (AvgIpc) is 2.92. The summed E-state index contributed by atoms with van der Waals surface area (Å²) >= 11 is 6.22. The van der Waals surface area contributed by atoms with Crippen LogP contribution < -0.4 is 10.1 Å². The summed E-state index contributed by atoms with van der Waals surface area (Å²) in [6.45, 7) is 2.17. The number of ether oxygens (including phenoxy) is 2. The second kappa shape index (κ2) is 12.1. The van der Waals surface area contributed by atoms with Gasteiger partial charge in [-0.25, -0.2) is 16.8 Å². The van der Waals surface area contributed by atoms with Crippen LogP contribution in [0.1, 0.15) is 24.8 Å². The van der Waals surface area contributed by atoms with E-state index in [1.807, 2.05) is 0 Å². The van der Waals surface area contributed by atoms with Crippen LogP contribution in [0.15, 0.2) is 52.3 Å². The molecule has 0 unspecified atom stereocenters. The number of carbonyl (C=O) groups excluding carboxylic acids is 1. The molecule has 2 aromatic rings. The lowest BCUT2D eigenvalue weighted by atomic mass is 10.2. The van der Waals surface area contributed by atoms with Crippen LogP contribution in [0.25, 0.3) is 0 Å². The Morgan fingerprint density at radius 3 is 2.11 bits per heavy atom. The molecule has 0 aliphatic carbocycles. The summed E-state index contributed by atoms with van der Waals surface area (Å²) in [5.41, 5.74) is 0.738. The zero-order valence-electron chi connectivity index (χ0n) is 20.3. The number of piperidine rings is 1. The average molecular weight is 572 g/mol. The molecule has 2 fully saturated rings. The van der Waals surface area contributed by atoms with Gasteiger partial charge >= 0.3 is 0 Å². The summed E-state index contributed by atoms with van der Waals surface area (Å²) in [4.78, 5) is 12.6. The molecule has 0 saturated carbocycles. The fourth-order valence-electron chi connectivity index (χ4n) is 4.12. The van der Waals surface area contributed by atoms with E-state index in [0.717, 1.165) is 24.8 Å². The minimum atomic E-state index is -3.70. The molecule has 0 aromatic heterocycles. The Labute approximate surface area is 222 Å². The predicted octanol–water partition coefficient (Wildman–Crippen LogP) is 2.23. The maximum absolute atomic E-state index is 12.8. The maximum Gasteiger partial charge on any atom is 0.258 e. The lowest BCUT2D eigenvalue weighted by Gasteiger charge is -2.26. The monoisotopic (exact) mass is 571 g/mol. The molecule has 4 rings (SSSR count). The number of nitrogens with zero attached hydrogens (tertiary/aromatic N) is 2. The van der Waals surface area contributed by atoms with E-state index in [4.69, 9.17) is 21.1 Å². The third kappa shape index (κ3) is 6.81. The van der Waals surface area contributed by atoms with Gasteiger partial charge in [0.05, 0.1) is 28.0 Å². The van der Waals surface area contributed by atoms with E-state index in [1.54, 1.807) is 24.3 Å². The number of sulfonamides is 2. The van der Waals surface area contributed by atoms with Crippen molar-refractivity contribution in [3.8, 4) is 5.75 Å². The molecule has 202 valence electrons. The number of rotatable bonds is 9. The van der Waals surface area contributed by atoms with Crippen molar-refractivity contribution in [2.75, 3.05) is 46.0 Å². The lowest BCUT2D eigenvalue weighted by molar-refractivity contribution is -0.123. The normalized spacial score (nSPS) is 17.9. The minimum absolute atomic E-state index is 0.0435. The SMILES string of the molecule is O=C(COc1ccc(S(=O)(=O)N2CCOCC2)cc1Cl)NCc1ccc(S(=O)(=O)N2CCCCC2)cc1. The van der Waals surface area contributed by atoms with Crippen LogP contribution in [-0.4, -0.2) is 77.4 Å². The van der Waals surface area contributed by atoms with Gasteiger partial charge in [0.1, 0.15) is 5.75 Å². The zero-order chi connectivity index (χ0) is 26.5. The first-order valence-electron chi connectivity index (χ1n) is 12.0. The summed E-state index contributed by atoms with van der Waals surface area (Å²) in [7, 11) is -7.20. The van der Waals surface area contributed by atoms with Gasteiger partial charge in [0.15, 0.2) is 6.61 Å². The fraction of sp³-hybridized carbons (Fsp3) is 0.458. The molecule has 0 atom stereocenters. The molecule has 1 N–H and O–H groups in total. The maximum atomic E-state index is 12.8. The first-order chi connectivity index (χ1) is 17.7. The summed E-state index contributed by atoms with van der Waals surface area (Å²) in [5, 5.41) is 2.78. The molecule has 2 heterocycles. The molecule has 2 aromatic carbocycles. The molecule has 2 aliphatic rings. The van der Waals surface area contributed by atoms with Gasteiger partial charge < -0.3 is 14.8 Å². The Morgan fingerprint density at radius 1 is 0.865 bits per heavy atom. The van der Waals surface area contributed by atoms with Gasteiger partial charge in [-0.15, -0.1) is 0 Å². The molecular weight excluding hydrogens is 542 g/mol. The molecule has 1 amide bonds. The Bertz CT molecular complexity index is 1310. The van der Waals surface area contributed by atoms with Crippen LogP contribution in [-0.2, 0) is 36.1 Å². The van der Waals surface area contributed by atoms with E-state index < -0.39 is 26.0 Å². The van der Waals surface area contributed by atoms with Crippen molar-refractivity contribution in [1.29, 1.82) is 0 Å². The van der Waals surface area contributed by atoms with Crippen LogP contribution in [0.3, 0.4) is 0 Å². The topological polar surface area (TPSA) is 122 Å². The fourth-order valence-corrected chi connectivity index (χ4v) is 7.38. The minimum Gasteiger partial charge on any atom is -0.482 e. The van der Waals surface area contributed by atoms with Crippen LogP contribution in [0.2, 0.25) is 5.02 Å². The summed E-state index contributed by atoms with van der Waals surface area (Å²) in [6.07, 6.45) is 2.78. The standard InChI is InChI=1S/C24H30ClN3O7S2/c25-22-16-21(37(32,33)28-12-14-34-15-13-28)8-9-23(22)35-18-24(29)26-17-19-4-6-20(7-5-19)36(30,31)27-10-2-1-3-11-27/h4-9,16H,1-3,10-15,17-18H2,(H,26,29).